The zero-order valence-electron chi connectivity index (χ0n) is 12.9. The molecule has 3 atom stereocenters. The molecule has 0 saturated heterocycles. The summed E-state index contributed by atoms with van der Waals surface area (Å²) < 4.78 is 0. The highest BCUT2D eigenvalue weighted by molar-refractivity contribution is 5.47. The first-order valence-corrected chi connectivity index (χ1v) is 8.17. The first-order valence-electron chi connectivity index (χ1n) is 8.17. The molecule has 0 aliphatic heterocycles. The van der Waals surface area contributed by atoms with Gasteiger partial charge < -0.3 is 0 Å². The van der Waals surface area contributed by atoms with E-state index in [4.69, 9.17) is 0 Å². The number of benzene rings is 1. The largest absolute Gasteiger partial charge is 0.129 e. The second-order valence-corrected chi connectivity index (χ2v) is 7.20. The summed E-state index contributed by atoms with van der Waals surface area (Å²) in [5.74, 6) is 1.37. The molecule has 107 valence electrons. The van der Waals surface area contributed by atoms with Crippen LogP contribution in [0.5, 0.6) is 0 Å². The summed E-state index contributed by atoms with van der Waals surface area (Å²) in [7, 11) is 0. The van der Waals surface area contributed by atoms with E-state index in [0.717, 1.165) is 12.0 Å². The van der Waals surface area contributed by atoms with Crippen LogP contribution in [0, 0.1) is 18.3 Å². The van der Waals surface area contributed by atoms with Crippen LogP contribution in [0.2, 0.25) is 0 Å². The SMILES string of the molecule is [CH2]c1ccc2c(c1)CC=C1C2CC[C@]2(C)C(=C=C)CCC12. The van der Waals surface area contributed by atoms with E-state index in [1.165, 1.54) is 36.8 Å². The molecule has 0 nitrogen and oxygen atoms in total. The Kier molecular flexibility index (Phi) is 2.81. The molecule has 0 heteroatoms. The number of allylic oxidation sites excluding steroid dienone is 3. The fourth-order valence-corrected chi connectivity index (χ4v) is 5.13. The van der Waals surface area contributed by atoms with Crippen molar-refractivity contribution in [3.8, 4) is 0 Å². The molecule has 0 heterocycles. The maximum atomic E-state index is 4.08. The van der Waals surface area contributed by atoms with E-state index in [1.54, 1.807) is 11.1 Å². The van der Waals surface area contributed by atoms with Gasteiger partial charge in [-0.1, -0.05) is 43.4 Å². The minimum absolute atomic E-state index is 0.327. The predicted octanol–water partition coefficient (Wildman–Crippen LogP) is 5.36. The Labute approximate surface area is 128 Å². The minimum atomic E-state index is 0.327. The molecular formula is C21H23. The molecule has 1 aromatic carbocycles. The number of hydrogen-bond donors (Lipinski definition) is 0. The molecule has 1 aromatic rings. The van der Waals surface area contributed by atoms with E-state index in [0.29, 0.717) is 17.3 Å². The molecule has 2 fully saturated rings. The molecule has 3 aliphatic carbocycles. The summed E-state index contributed by atoms with van der Waals surface area (Å²) >= 11 is 0. The zero-order chi connectivity index (χ0) is 14.6. The number of hydrogen-bond acceptors (Lipinski definition) is 0. The average molecular weight is 275 g/mol. The smallest absolute Gasteiger partial charge is 0.00545 e. The van der Waals surface area contributed by atoms with E-state index < -0.39 is 0 Å². The van der Waals surface area contributed by atoms with Gasteiger partial charge in [-0.3, -0.25) is 0 Å². The highest BCUT2D eigenvalue weighted by Gasteiger charge is 2.49. The van der Waals surface area contributed by atoms with Crippen LogP contribution in [0.3, 0.4) is 0 Å². The summed E-state index contributed by atoms with van der Waals surface area (Å²) in [4.78, 5) is 0. The molecule has 2 unspecified atom stereocenters. The predicted molar refractivity (Wildman–Crippen MR) is 88.1 cm³/mol. The third-order valence-corrected chi connectivity index (χ3v) is 6.25. The Balaban J connectivity index is 1.78. The average Bonchev–Trinajstić information content (AvgIpc) is 2.83. The minimum Gasteiger partial charge on any atom is -0.129 e. The van der Waals surface area contributed by atoms with Crippen molar-refractivity contribution in [2.45, 2.75) is 44.9 Å². The van der Waals surface area contributed by atoms with Gasteiger partial charge in [0.15, 0.2) is 0 Å². The molecule has 1 radical (unpaired) electrons. The Morgan fingerprint density at radius 1 is 1.29 bits per heavy atom. The Morgan fingerprint density at radius 3 is 2.95 bits per heavy atom. The van der Waals surface area contributed by atoms with Crippen LogP contribution in [-0.2, 0) is 6.42 Å². The van der Waals surface area contributed by atoms with Gasteiger partial charge in [0.2, 0.25) is 0 Å². The molecule has 4 rings (SSSR count). The third kappa shape index (κ3) is 1.75. The molecule has 21 heavy (non-hydrogen) atoms. The van der Waals surface area contributed by atoms with Crippen molar-refractivity contribution in [1.82, 2.24) is 0 Å². The molecular weight excluding hydrogens is 252 g/mol. The van der Waals surface area contributed by atoms with Crippen LogP contribution in [0.4, 0.5) is 0 Å². The van der Waals surface area contributed by atoms with Gasteiger partial charge >= 0.3 is 0 Å². The third-order valence-electron chi connectivity index (χ3n) is 6.25. The fraction of sp³-hybridized carbons (Fsp3) is 0.429. The van der Waals surface area contributed by atoms with Crippen LogP contribution < -0.4 is 0 Å². The molecule has 3 aliphatic rings. The number of rotatable bonds is 0. The van der Waals surface area contributed by atoms with Gasteiger partial charge in [0.05, 0.1) is 0 Å². The van der Waals surface area contributed by atoms with Crippen molar-refractivity contribution in [2.24, 2.45) is 11.3 Å². The van der Waals surface area contributed by atoms with Crippen LogP contribution >= 0.6 is 0 Å². The topological polar surface area (TPSA) is 0 Å². The van der Waals surface area contributed by atoms with Crippen molar-refractivity contribution < 1.29 is 0 Å². The van der Waals surface area contributed by atoms with E-state index in [9.17, 15) is 0 Å². The lowest BCUT2D eigenvalue weighted by Crippen LogP contribution is -2.34. The molecule has 0 amide bonds. The molecule has 0 bridgehead atoms. The standard InChI is InChI=1S/C21H23/c1-4-16-7-10-20-19-9-6-15-13-14(2)5-8-17(15)18(19)11-12-21(16,20)3/h5,8-9,13,18,20H,1-2,6-7,10-12H2,3H3/t18?,20?,21-/m1/s1. The fourth-order valence-electron chi connectivity index (χ4n) is 5.13. The van der Waals surface area contributed by atoms with Gasteiger partial charge in [0, 0.05) is 11.3 Å². The Morgan fingerprint density at radius 2 is 2.14 bits per heavy atom. The zero-order valence-corrected chi connectivity index (χ0v) is 12.9. The van der Waals surface area contributed by atoms with Crippen LogP contribution in [-0.4, -0.2) is 0 Å². The summed E-state index contributed by atoms with van der Waals surface area (Å²) in [6.07, 6.45) is 8.65. The van der Waals surface area contributed by atoms with Gasteiger partial charge in [0.25, 0.3) is 0 Å². The Bertz CT molecular complexity index is 684. The molecule has 0 aromatic heterocycles. The van der Waals surface area contributed by atoms with Gasteiger partial charge in [-0.15, -0.1) is 5.73 Å². The van der Waals surface area contributed by atoms with E-state index in [1.807, 2.05) is 0 Å². The quantitative estimate of drug-likeness (QED) is 0.442. The number of fused-ring (bicyclic) bond motifs is 5. The summed E-state index contributed by atoms with van der Waals surface area (Å²) in [5.41, 5.74) is 11.0. The van der Waals surface area contributed by atoms with Crippen molar-refractivity contribution in [1.29, 1.82) is 0 Å². The lowest BCUT2D eigenvalue weighted by atomic mass is 9.59. The van der Waals surface area contributed by atoms with Crippen molar-refractivity contribution >= 4 is 0 Å². The van der Waals surface area contributed by atoms with Gasteiger partial charge in [-0.05, 0) is 67.2 Å². The molecule has 0 N–H and O–H groups in total. The normalized spacial score (nSPS) is 33.6. The first kappa shape index (κ1) is 13.2. The summed E-state index contributed by atoms with van der Waals surface area (Å²) in [5, 5.41) is 0. The summed E-state index contributed by atoms with van der Waals surface area (Å²) in [6, 6.07) is 6.79. The van der Waals surface area contributed by atoms with Crippen LogP contribution in [0.25, 0.3) is 0 Å². The Hall–Kier alpha value is -1.52. The highest BCUT2D eigenvalue weighted by Crippen LogP contribution is 2.61. The second kappa shape index (κ2) is 4.49. The lowest BCUT2D eigenvalue weighted by Gasteiger charge is -2.45. The van der Waals surface area contributed by atoms with Crippen molar-refractivity contribution in [3.05, 3.63) is 71.3 Å². The maximum absolute atomic E-state index is 4.08. The first-order chi connectivity index (χ1) is 10.1. The van der Waals surface area contributed by atoms with Gasteiger partial charge in [-0.2, -0.15) is 0 Å². The van der Waals surface area contributed by atoms with E-state index in [2.05, 4.69) is 50.4 Å². The summed E-state index contributed by atoms with van der Waals surface area (Å²) in [6.45, 7) is 10.5. The van der Waals surface area contributed by atoms with E-state index in [-0.39, 0.29) is 0 Å². The highest BCUT2D eigenvalue weighted by atomic mass is 14.5. The maximum Gasteiger partial charge on any atom is 0.00545 e. The van der Waals surface area contributed by atoms with Crippen molar-refractivity contribution in [2.75, 3.05) is 0 Å². The van der Waals surface area contributed by atoms with Gasteiger partial charge in [0.1, 0.15) is 0 Å². The monoisotopic (exact) mass is 275 g/mol. The lowest BCUT2D eigenvalue weighted by molar-refractivity contribution is 0.229. The molecule has 0 spiro atoms. The molecule has 2 saturated carbocycles. The van der Waals surface area contributed by atoms with Gasteiger partial charge in [-0.25, -0.2) is 0 Å². The second-order valence-electron chi connectivity index (χ2n) is 7.20. The van der Waals surface area contributed by atoms with E-state index >= 15 is 0 Å². The van der Waals surface area contributed by atoms with Crippen LogP contribution in [0.1, 0.15) is 55.2 Å². The van der Waals surface area contributed by atoms with Crippen molar-refractivity contribution in [3.63, 3.8) is 0 Å². The van der Waals surface area contributed by atoms with Crippen LogP contribution in [0.15, 0.2) is 47.7 Å².